The van der Waals surface area contributed by atoms with Gasteiger partial charge < -0.3 is 4.79 Å². The molecule has 0 radical (unpaired) electrons. The van der Waals surface area contributed by atoms with Gasteiger partial charge in [0.15, 0.2) is 0 Å². The van der Waals surface area contributed by atoms with Crippen molar-refractivity contribution in [1.29, 1.82) is 0 Å². The van der Waals surface area contributed by atoms with Crippen molar-refractivity contribution in [2.24, 2.45) is 11.3 Å². The van der Waals surface area contributed by atoms with Gasteiger partial charge in [0.2, 0.25) is 0 Å². The SMILES string of the molecule is CC(=O)CC[C@H](C#Cc1ccccc1)C(C)(C)C(F)(F)C(F)(F)C(F)(F)C(F)(F)F. The first kappa shape index (κ1) is 25.9. The third-order valence-electron chi connectivity index (χ3n) is 4.77. The Morgan fingerprint density at radius 1 is 0.867 bits per heavy atom. The number of alkyl halides is 9. The summed E-state index contributed by atoms with van der Waals surface area (Å²) in [5.74, 6) is -17.2. The summed E-state index contributed by atoms with van der Waals surface area (Å²) in [5.41, 5.74) is -2.88. The van der Waals surface area contributed by atoms with Gasteiger partial charge in [-0.25, -0.2) is 0 Å². The molecule has 1 atom stereocenters. The summed E-state index contributed by atoms with van der Waals surface area (Å²) in [6.45, 7) is 1.94. The molecule has 30 heavy (non-hydrogen) atoms. The minimum atomic E-state index is -6.99. The van der Waals surface area contributed by atoms with Gasteiger partial charge in [-0.05, 0) is 25.5 Å². The molecule has 0 amide bonds. The maximum absolute atomic E-state index is 14.6. The zero-order chi connectivity index (χ0) is 23.6. The fourth-order valence-corrected chi connectivity index (χ4v) is 2.65. The standard InChI is InChI=1S/C20H19F9O/c1-13(30)9-11-15(12-10-14-7-5-4-6-8-14)16(2,3)17(21,22)18(23,24)19(25,26)20(27,28)29/h4-8,15H,9,11H2,1-3H3/t15-/m1/s1. The van der Waals surface area contributed by atoms with Crippen LogP contribution < -0.4 is 0 Å². The van der Waals surface area contributed by atoms with Crippen molar-refractivity contribution in [2.45, 2.75) is 57.6 Å². The first-order valence-electron chi connectivity index (χ1n) is 8.65. The van der Waals surface area contributed by atoms with E-state index in [1.807, 2.05) is 0 Å². The summed E-state index contributed by atoms with van der Waals surface area (Å²) < 4.78 is 121. The van der Waals surface area contributed by atoms with E-state index in [1.165, 1.54) is 24.3 Å². The van der Waals surface area contributed by atoms with Crippen LogP contribution in [0, 0.1) is 23.2 Å². The molecule has 0 aliphatic heterocycles. The smallest absolute Gasteiger partial charge is 0.300 e. The van der Waals surface area contributed by atoms with Gasteiger partial charge >= 0.3 is 23.9 Å². The maximum Gasteiger partial charge on any atom is 0.460 e. The van der Waals surface area contributed by atoms with E-state index >= 15 is 0 Å². The zero-order valence-electron chi connectivity index (χ0n) is 16.2. The molecule has 168 valence electrons. The van der Waals surface area contributed by atoms with Crippen LogP contribution in [0.15, 0.2) is 30.3 Å². The minimum absolute atomic E-state index is 0.275. The maximum atomic E-state index is 14.6. The Balaban J connectivity index is 3.49. The second kappa shape index (κ2) is 8.52. The molecule has 0 spiro atoms. The van der Waals surface area contributed by atoms with Gasteiger partial charge in [-0.3, -0.25) is 0 Å². The van der Waals surface area contributed by atoms with Crippen molar-refractivity contribution >= 4 is 5.78 Å². The predicted octanol–water partition coefficient (Wildman–Crippen LogP) is 6.52. The topological polar surface area (TPSA) is 17.1 Å². The molecule has 0 bridgehead atoms. The van der Waals surface area contributed by atoms with Crippen LogP contribution in [-0.2, 0) is 4.79 Å². The van der Waals surface area contributed by atoms with E-state index < -0.39 is 53.9 Å². The number of carbonyl (C=O) groups is 1. The molecular weight excluding hydrogens is 427 g/mol. The normalized spacial score (nSPS) is 14.7. The molecule has 0 heterocycles. The Morgan fingerprint density at radius 3 is 1.80 bits per heavy atom. The Kier molecular flexibility index (Phi) is 7.34. The highest BCUT2D eigenvalue weighted by atomic mass is 19.4. The number of benzene rings is 1. The summed E-state index contributed by atoms with van der Waals surface area (Å²) >= 11 is 0. The van der Waals surface area contributed by atoms with Gasteiger partial charge in [-0.2, -0.15) is 39.5 Å². The van der Waals surface area contributed by atoms with Crippen molar-refractivity contribution in [3.63, 3.8) is 0 Å². The molecule has 0 N–H and O–H groups in total. The molecule has 10 heteroatoms. The fraction of sp³-hybridized carbons (Fsp3) is 0.550. The minimum Gasteiger partial charge on any atom is -0.300 e. The summed E-state index contributed by atoms with van der Waals surface area (Å²) in [5, 5.41) is 0. The molecule has 0 aliphatic rings. The first-order valence-corrected chi connectivity index (χ1v) is 8.65. The van der Waals surface area contributed by atoms with Crippen LogP contribution >= 0.6 is 0 Å². The van der Waals surface area contributed by atoms with Gasteiger partial charge in [0.05, 0.1) is 0 Å². The Morgan fingerprint density at radius 2 is 1.37 bits per heavy atom. The second-order valence-electron chi connectivity index (χ2n) is 7.37. The van der Waals surface area contributed by atoms with Crippen LogP contribution in [-0.4, -0.2) is 29.7 Å². The highest BCUT2D eigenvalue weighted by Crippen LogP contribution is 2.60. The Labute approximate surface area is 167 Å². The van der Waals surface area contributed by atoms with E-state index in [2.05, 4.69) is 11.8 Å². The molecule has 1 rings (SSSR count). The summed E-state index contributed by atoms with van der Waals surface area (Å²) in [4.78, 5) is 11.2. The molecule has 0 aromatic heterocycles. The van der Waals surface area contributed by atoms with Crippen molar-refractivity contribution in [1.82, 2.24) is 0 Å². The van der Waals surface area contributed by atoms with E-state index in [0.717, 1.165) is 6.92 Å². The van der Waals surface area contributed by atoms with E-state index in [4.69, 9.17) is 0 Å². The lowest BCUT2D eigenvalue weighted by molar-refractivity contribution is -0.412. The van der Waals surface area contributed by atoms with Crippen LogP contribution in [0.3, 0.4) is 0 Å². The van der Waals surface area contributed by atoms with Crippen LogP contribution in [0.5, 0.6) is 0 Å². The number of carbonyl (C=O) groups excluding carboxylic acids is 1. The largest absolute Gasteiger partial charge is 0.460 e. The molecule has 0 unspecified atom stereocenters. The molecule has 0 saturated carbocycles. The highest BCUT2D eigenvalue weighted by molar-refractivity contribution is 5.75. The average molecular weight is 446 g/mol. The molecule has 0 aliphatic carbocycles. The van der Waals surface area contributed by atoms with E-state index in [9.17, 15) is 44.3 Å². The Hall–Kier alpha value is -2.18. The van der Waals surface area contributed by atoms with E-state index in [-0.39, 0.29) is 5.56 Å². The number of halogens is 9. The number of rotatable bonds is 7. The third-order valence-corrected chi connectivity index (χ3v) is 4.77. The lowest BCUT2D eigenvalue weighted by Crippen LogP contribution is -2.66. The molecule has 1 aromatic rings. The summed E-state index contributed by atoms with van der Waals surface area (Å²) in [6, 6.07) is 7.58. The molecule has 1 nitrogen and oxygen atoms in total. The monoisotopic (exact) mass is 446 g/mol. The summed E-state index contributed by atoms with van der Waals surface area (Å²) in [7, 11) is 0. The zero-order valence-corrected chi connectivity index (χ0v) is 16.2. The van der Waals surface area contributed by atoms with Crippen molar-refractivity contribution in [3.8, 4) is 11.8 Å². The van der Waals surface area contributed by atoms with Crippen molar-refractivity contribution in [2.75, 3.05) is 0 Å². The van der Waals surface area contributed by atoms with Crippen LogP contribution in [0.25, 0.3) is 0 Å². The van der Waals surface area contributed by atoms with Crippen molar-refractivity contribution in [3.05, 3.63) is 35.9 Å². The quantitative estimate of drug-likeness (QED) is 0.344. The lowest BCUT2D eigenvalue weighted by atomic mass is 9.69. The number of hydrogen-bond donors (Lipinski definition) is 0. The van der Waals surface area contributed by atoms with Gasteiger partial charge in [0.1, 0.15) is 5.78 Å². The van der Waals surface area contributed by atoms with Gasteiger partial charge in [-0.1, -0.05) is 43.9 Å². The number of Topliss-reactive ketones (excluding diaryl/α,β-unsaturated/α-hetero) is 1. The number of ketones is 1. The first-order chi connectivity index (χ1) is 13.4. The molecule has 1 aromatic carbocycles. The van der Waals surface area contributed by atoms with Crippen LogP contribution in [0.4, 0.5) is 39.5 Å². The Bertz CT molecular complexity index is 799. The molecule has 0 fully saturated rings. The van der Waals surface area contributed by atoms with E-state index in [1.54, 1.807) is 6.07 Å². The second-order valence-corrected chi connectivity index (χ2v) is 7.37. The van der Waals surface area contributed by atoms with Crippen LogP contribution in [0.1, 0.15) is 39.2 Å². The van der Waals surface area contributed by atoms with Gasteiger partial charge in [0, 0.05) is 23.3 Å². The average Bonchev–Trinajstić information content (AvgIpc) is 2.60. The third kappa shape index (κ3) is 4.76. The number of hydrogen-bond acceptors (Lipinski definition) is 1. The van der Waals surface area contributed by atoms with Crippen LogP contribution in [0.2, 0.25) is 0 Å². The molecular formula is C20H19F9O. The van der Waals surface area contributed by atoms with Gasteiger partial charge in [0.25, 0.3) is 0 Å². The highest BCUT2D eigenvalue weighted by Gasteiger charge is 2.84. The lowest BCUT2D eigenvalue weighted by Gasteiger charge is -2.44. The van der Waals surface area contributed by atoms with Crippen molar-refractivity contribution < 1.29 is 44.3 Å². The molecule has 0 saturated heterocycles. The van der Waals surface area contributed by atoms with E-state index in [0.29, 0.717) is 13.8 Å². The fourth-order valence-electron chi connectivity index (χ4n) is 2.65. The predicted molar refractivity (Wildman–Crippen MR) is 91.4 cm³/mol. The van der Waals surface area contributed by atoms with Gasteiger partial charge in [-0.15, -0.1) is 0 Å². The summed E-state index contributed by atoms with van der Waals surface area (Å²) in [6.07, 6.45) is -7.85.